The summed E-state index contributed by atoms with van der Waals surface area (Å²) in [6, 6.07) is 15.3. The number of piperazine rings is 1. The second-order valence-corrected chi connectivity index (χ2v) is 7.46. The van der Waals surface area contributed by atoms with Gasteiger partial charge >= 0.3 is 0 Å². The van der Waals surface area contributed by atoms with Crippen molar-refractivity contribution in [3.8, 4) is 0 Å². The molecule has 0 bridgehead atoms. The number of carbonyl (C=O) groups is 1. The van der Waals surface area contributed by atoms with Crippen LogP contribution < -0.4 is 4.90 Å². The van der Waals surface area contributed by atoms with E-state index in [0.29, 0.717) is 18.0 Å². The Morgan fingerprint density at radius 3 is 2.72 bits per heavy atom. The molecule has 0 N–H and O–H groups in total. The van der Waals surface area contributed by atoms with Crippen LogP contribution in [0, 0.1) is 12.7 Å². The van der Waals surface area contributed by atoms with Gasteiger partial charge in [-0.15, -0.1) is 11.8 Å². The Kier molecular flexibility index (Phi) is 5.63. The van der Waals surface area contributed by atoms with E-state index in [2.05, 4.69) is 43.0 Å². The number of hydrogen-bond donors (Lipinski definition) is 0. The zero-order valence-corrected chi connectivity index (χ0v) is 15.4. The molecule has 132 valence electrons. The first-order valence-corrected chi connectivity index (χ1v) is 9.51. The molecular weight excluding hydrogens is 335 g/mol. The molecule has 0 aliphatic carbocycles. The zero-order chi connectivity index (χ0) is 17.8. The molecule has 0 unspecified atom stereocenters. The van der Waals surface area contributed by atoms with E-state index in [-0.39, 0.29) is 23.5 Å². The zero-order valence-electron chi connectivity index (χ0n) is 14.6. The highest BCUT2D eigenvalue weighted by atomic mass is 32.2. The van der Waals surface area contributed by atoms with Crippen LogP contribution in [0.5, 0.6) is 0 Å². The molecule has 0 saturated carbocycles. The SMILES string of the molecule is Cc1cccc(N2CCN(C(=O)CSc3ccccc3F)C[C@@H]2C)c1. The average molecular weight is 358 g/mol. The molecule has 1 saturated heterocycles. The Balaban J connectivity index is 1.57. The lowest BCUT2D eigenvalue weighted by Gasteiger charge is -2.41. The molecule has 1 amide bonds. The molecule has 1 fully saturated rings. The molecule has 5 heteroatoms. The van der Waals surface area contributed by atoms with Gasteiger partial charge in [-0.2, -0.15) is 0 Å². The summed E-state index contributed by atoms with van der Waals surface area (Å²) in [7, 11) is 0. The second-order valence-electron chi connectivity index (χ2n) is 6.44. The lowest BCUT2D eigenvalue weighted by Crippen LogP contribution is -2.54. The van der Waals surface area contributed by atoms with Gasteiger partial charge in [0.2, 0.25) is 5.91 Å². The first kappa shape index (κ1) is 17.8. The molecule has 3 nitrogen and oxygen atoms in total. The molecule has 2 aromatic rings. The van der Waals surface area contributed by atoms with E-state index in [1.165, 1.54) is 29.1 Å². The van der Waals surface area contributed by atoms with E-state index in [1.54, 1.807) is 18.2 Å². The smallest absolute Gasteiger partial charge is 0.233 e. The molecule has 0 spiro atoms. The minimum atomic E-state index is -0.266. The third-order valence-electron chi connectivity index (χ3n) is 4.50. The van der Waals surface area contributed by atoms with Crippen molar-refractivity contribution in [2.24, 2.45) is 0 Å². The molecule has 3 rings (SSSR count). The fourth-order valence-corrected chi connectivity index (χ4v) is 4.01. The molecule has 0 radical (unpaired) electrons. The second kappa shape index (κ2) is 7.91. The molecule has 1 atom stereocenters. The number of halogens is 1. The molecule has 1 aliphatic heterocycles. The number of aryl methyl sites for hydroxylation is 1. The summed E-state index contributed by atoms with van der Waals surface area (Å²) in [5, 5.41) is 0. The number of thioether (sulfide) groups is 1. The highest BCUT2D eigenvalue weighted by molar-refractivity contribution is 8.00. The van der Waals surface area contributed by atoms with Gasteiger partial charge in [0.05, 0.1) is 5.75 Å². The topological polar surface area (TPSA) is 23.6 Å². The van der Waals surface area contributed by atoms with Gasteiger partial charge in [-0.3, -0.25) is 4.79 Å². The van der Waals surface area contributed by atoms with Crippen molar-refractivity contribution in [3.63, 3.8) is 0 Å². The van der Waals surface area contributed by atoms with Crippen LogP contribution in [0.15, 0.2) is 53.4 Å². The van der Waals surface area contributed by atoms with Gasteiger partial charge in [0.25, 0.3) is 0 Å². The lowest BCUT2D eigenvalue weighted by atomic mass is 10.1. The number of anilines is 1. The minimum absolute atomic E-state index is 0.0731. The standard InChI is InChI=1S/C20H23FN2OS/c1-15-6-5-7-17(12-15)23-11-10-22(13-16(23)2)20(24)14-25-19-9-4-3-8-18(19)21/h3-9,12,16H,10-11,13-14H2,1-2H3/t16-/m0/s1. The largest absolute Gasteiger partial charge is 0.365 e. The van der Waals surface area contributed by atoms with Crippen LogP contribution in [0.25, 0.3) is 0 Å². The highest BCUT2D eigenvalue weighted by Crippen LogP contribution is 2.24. The fourth-order valence-electron chi connectivity index (χ4n) is 3.17. The van der Waals surface area contributed by atoms with E-state index in [1.807, 2.05) is 4.90 Å². The van der Waals surface area contributed by atoms with Gasteiger partial charge in [0, 0.05) is 36.3 Å². The maximum Gasteiger partial charge on any atom is 0.233 e. The maximum absolute atomic E-state index is 13.7. The van der Waals surface area contributed by atoms with Crippen LogP contribution in [0.2, 0.25) is 0 Å². The number of benzene rings is 2. The van der Waals surface area contributed by atoms with Crippen molar-refractivity contribution in [2.75, 3.05) is 30.3 Å². The minimum Gasteiger partial charge on any atom is -0.365 e. The fraction of sp³-hybridized carbons (Fsp3) is 0.350. The van der Waals surface area contributed by atoms with E-state index < -0.39 is 0 Å². The van der Waals surface area contributed by atoms with Gasteiger partial charge in [-0.05, 0) is 43.7 Å². The Morgan fingerprint density at radius 2 is 2.00 bits per heavy atom. The van der Waals surface area contributed by atoms with Crippen LogP contribution in [0.4, 0.5) is 10.1 Å². The third kappa shape index (κ3) is 4.34. The molecule has 0 aromatic heterocycles. The van der Waals surface area contributed by atoms with E-state index in [0.717, 1.165) is 6.54 Å². The summed E-state index contributed by atoms with van der Waals surface area (Å²) in [5.41, 5.74) is 2.45. The van der Waals surface area contributed by atoms with Crippen LogP contribution in [-0.4, -0.2) is 42.2 Å². The Hall–Kier alpha value is -2.01. The number of carbonyl (C=O) groups excluding carboxylic acids is 1. The quantitative estimate of drug-likeness (QED) is 0.773. The maximum atomic E-state index is 13.7. The highest BCUT2D eigenvalue weighted by Gasteiger charge is 2.26. The van der Waals surface area contributed by atoms with Crippen LogP contribution in [0.3, 0.4) is 0 Å². The van der Waals surface area contributed by atoms with E-state index in [4.69, 9.17) is 0 Å². The van der Waals surface area contributed by atoms with Crippen molar-refractivity contribution in [3.05, 3.63) is 59.9 Å². The Labute approximate surface area is 152 Å². The van der Waals surface area contributed by atoms with Crippen molar-refractivity contribution in [1.82, 2.24) is 4.90 Å². The van der Waals surface area contributed by atoms with Crippen LogP contribution >= 0.6 is 11.8 Å². The Bertz CT molecular complexity index is 752. The number of hydrogen-bond acceptors (Lipinski definition) is 3. The van der Waals surface area contributed by atoms with Gasteiger partial charge in [0.15, 0.2) is 0 Å². The molecular formula is C20H23FN2OS. The summed E-state index contributed by atoms with van der Waals surface area (Å²) in [6.45, 7) is 6.46. The van der Waals surface area contributed by atoms with Crippen LogP contribution in [0.1, 0.15) is 12.5 Å². The van der Waals surface area contributed by atoms with Crippen LogP contribution in [-0.2, 0) is 4.79 Å². The normalized spacial score (nSPS) is 17.6. The molecule has 2 aromatic carbocycles. The number of nitrogens with zero attached hydrogens (tertiary/aromatic N) is 2. The number of rotatable bonds is 4. The van der Waals surface area contributed by atoms with Crippen molar-refractivity contribution >= 4 is 23.4 Å². The van der Waals surface area contributed by atoms with Crippen molar-refractivity contribution < 1.29 is 9.18 Å². The summed E-state index contributed by atoms with van der Waals surface area (Å²) in [4.78, 5) is 17.3. The number of amides is 1. The predicted molar refractivity (Wildman–Crippen MR) is 102 cm³/mol. The first-order chi connectivity index (χ1) is 12.0. The predicted octanol–water partition coefficient (Wildman–Crippen LogP) is 3.96. The third-order valence-corrected chi connectivity index (χ3v) is 5.53. The molecule has 1 heterocycles. The average Bonchev–Trinajstić information content (AvgIpc) is 2.60. The van der Waals surface area contributed by atoms with Crippen molar-refractivity contribution in [2.45, 2.75) is 24.8 Å². The van der Waals surface area contributed by atoms with Gasteiger partial charge in [-0.25, -0.2) is 4.39 Å². The van der Waals surface area contributed by atoms with Crippen molar-refractivity contribution in [1.29, 1.82) is 0 Å². The first-order valence-electron chi connectivity index (χ1n) is 8.53. The summed E-state index contributed by atoms with van der Waals surface area (Å²) in [6.07, 6.45) is 0. The Morgan fingerprint density at radius 1 is 1.20 bits per heavy atom. The van der Waals surface area contributed by atoms with Gasteiger partial charge < -0.3 is 9.80 Å². The molecule has 1 aliphatic rings. The van der Waals surface area contributed by atoms with Gasteiger partial charge in [-0.1, -0.05) is 24.3 Å². The summed E-state index contributed by atoms with van der Waals surface area (Å²) in [5.74, 6) is 0.0832. The summed E-state index contributed by atoms with van der Waals surface area (Å²) < 4.78 is 13.7. The monoisotopic (exact) mass is 358 g/mol. The van der Waals surface area contributed by atoms with Gasteiger partial charge in [0.1, 0.15) is 5.82 Å². The molecule has 25 heavy (non-hydrogen) atoms. The van der Waals surface area contributed by atoms with E-state index in [9.17, 15) is 9.18 Å². The van der Waals surface area contributed by atoms with E-state index >= 15 is 0 Å². The lowest BCUT2D eigenvalue weighted by molar-refractivity contribution is -0.129. The summed E-state index contributed by atoms with van der Waals surface area (Å²) >= 11 is 1.27.